The summed E-state index contributed by atoms with van der Waals surface area (Å²) in [7, 11) is 0. The van der Waals surface area contributed by atoms with Crippen LogP contribution in [0.25, 0.3) is 0 Å². The third-order valence-electron chi connectivity index (χ3n) is 0.556. The number of rotatable bonds is 0. The Hall–Kier alpha value is -0.521. The van der Waals surface area contributed by atoms with Gasteiger partial charge in [0.15, 0.2) is 0 Å². The summed E-state index contributed by atoms with van der Waals surface area (Å²) >= 11 is 0. The van der Waals surface area contributed by atoms with Crippen molar-refractivity contribution in [3.05, 3.63) is 44.0 Å². The van der Waals surface area contributed by atoms with Crippen LogP contribution >= 0.6 is 0 Å². The van der Waals surface area contributed by atoms with E-state index in [-0.39, 0.29) is 17.1 Å². The van der Waals surface area contributed by atoms with Gasteiger partial charge in [0.2, 0.25) is 0 Å². The summed E-state index contributed by atoms with van der Waals surface area (Å²) < 4.78 is 15.0. The van der Waals surface area contributed by atoms with Crippen LogP contribution in [0.1, 0.15) is 0 Å². The molecule has 0 aromatic rings. The van der Waals surface area contributed by atoms with Crippen LogP contribution in [0.2, 0.25) is 0 Å². The third kappa shape index (κ3) is 15.6. The van der Waals surface area contributed by atoms with Crippen molar-refractivity contribution in [2.45, 2.75) is 0 Å². The van der Waals surface area contributed by atoms with Gasteiger partial charge in [0, 0.05) is 23.5 Å². The number of hydrogen-bond acceptors (Lipinski definition) is 0. The first-order valence-electron chi connectivity index (χ1n) is 2.07. The van der Waals surface area contributed by atoms with Gasteiger partial charge in [0.25, 0.3) is 0 Å². The smallest absolute Gasteiger partial charge is 0.00506 e. The minimum Gasteiger partial charge on any atom is -0.0767 e. The largest absolute Gasteiger partial charge is 0.0767 e. The molecule has 0 aromatic carbocycles. The molecular formula is C7H5MnO2. The van der Waals surface area contributed by atoms with Crippen LogP contribution in [0.4, 0.5) is 0 Å². The summed E-state index contributed by atoms with van der Waals surface area (Å²) in [5.41, 5.74) is 0. The first-order chi connectivity index (χ1) is 4.50. The molecule has 0 N–H and O–H groups in total. The van der Waals surface area contributed by atoms with Gasteiger partial charge in [-0.2, -0.15) is 0 Å². The maximum atomic E-state index is 7.50. The molecule has 0 saturated heterocycles. The first kappa shape index (κ1) is 16.2. The SMILES string of the molecule is [C-]#[O+].[C-]#[O+].[CH]1C=CC=C1.[Mn]. The Morgan fingerprint density at radius 1 is 0.700 bits per heavy atom. The predicted octanol–water partition coefficient (Wildman–Crippen LogP) is 1.24. The molecule has 0 heterocycles. The zero-order chi connectivity index (χ0) is 7.54. The molecule has 1 aliphatic carbocycles. The predicted molar refractivity (Wildman–Crippen MR) is 30.4 cm³/mol. The standard InChI is InChI=1S/C5H5.2CO.Mn/c1-2-4-5-3-1;2*1-2;/h1-5H;;;. The van der Waals surface area contributed by atoms with Crippen molar-refractivity contribution in [3.8, 4) is 0 Å². The van der Waals surface area contributed by atoms with Crippen LogP contribution in [0, 0.1) is 19.7 Å². The average Bonchev–Trinajstić information content (AvgIpc) is 2.51. The summed E-state index contributed by atoms with van der Waals surface area (Å²) in [5.74, 6) is 0. The van der Waals surface area contributed by atoms with Gasteiger partial charge in [-0.15, -0.1) is 0 Å². The van der Waals surface area contributed by atoms with Crippen molar-refractivity contribution in [2.24, 2.45) is 0 Å². The van der Waals surface area contributed by atoms with Gasteiger partial charge < -0.3 is 0 Å². The zero-order valence-corrected chi connectivity index (χ0v) is 6.26. The summed E-state index contributed by atoms with van der Waals surface area (Å²) in [5, 5.41) is 0. The Labute approximate surface area is 70.9 Å². The van der Waals surface area contributed by atoms with E-state index in [1.165, 1.54) is 0 Å². The summed E-state index contributed by atoms with van der Waals surface area (Å²) in [6.45, 7) is 9.00. The van der Waals surface area contributed by atoms with Crippen LogP contribution in [-0.4, -0.2) is 0 Å². The maximum absolute atomic E-state index is 7.50. The number of hydrogen-bond donors (Lipinski definition) is 0. The van der Waals surface area contributed by atoms with Crippen molar-refractivity contribution < 1.29 is 26.4 Å². The van der Waals surface area contributed by atoms with E-state index in [1.54, 1.807) is 0 Å². The average molecular weight is 176 g/mol. The van der Waals surface area contributed by atoms with E-state index in [1.807, 2.05) is 30.7 Å². The van der Waals surface area contributed by atoms with Crippen LogP contribution < -0.4 is 0 Å². The molecule has 0 aliphatic heterocycles. The molecule has 0 bridgehead atoms. The van der Waals surface area contributed by atoms with Crippen molar-refractivity contribution >= 4 is 0 Å². The molecule has 0 unspecified atom stereocenters. The molecule has 0 fully saturated rings. The molecule has 1 aliphatic rings. The Morgan fingerprint density at radius 2 is 1.00 bits per heavy atom. The molecule has 52 valence electrons. The second-order valence-electron chi connectivity index (χ2n) is 0.962. The van der Waals surface area contributed by atoms with Gasteiger partial charge in [-0.1, -0.05) is 24.3 Å². The van der Waals surface area contributed by atoms with E-state index in [4.69, 9.17) is 9.30 Å². The van der Waals surface area contributed by atoms with Gasteiger partial charge in [-0.25, -0.2) is 0 Å². The Kier molecular flexibility index (Phi) is 38.4. The summed E-state index contributed by atoms with van der Waals surface area (Å²) in [6.07, 6.45) is 10.0. The minimum absolute atomic E-state index is 0. The van der Waals surface area contributed by atoms with Crippen LogP contribution in [-0.2, 0) is 26.4 Å². The van der Waals surface area contributed by atoms with Gasteiger partial charge in [-0.05, 0) is 0 Å². The van der Waals surface area contributed by atoms with Gasteiger partial charge >= 0.3 is 22.6 Å². The molecule has 0 spiro atoms. The number of allylic oxidation sites excluding steroid dienone is 4. The van der Waals surface area contributed by atoms with E-state index in [0.29, 0.717) is 0 Å². The van der Waals surface area contributed by atoms with E-state index in [2.05, 4.69) is 13.3 Å². The maximum Gasteiger partial charge on any atom is 0.00506 e. The topological polar surface area (TPSA) is 39.8 Å². The molecule has 1 rings (SSSR count). The van der Waals surface area contributed by atoms with Crippen LogP contribution in [0.5, 0.6) is 0 Å². The molecule has 0 aromatic heterocycles. The third-order valence-corrected chi connectivity index (χ3v) is 0.556. The minimum atomic E-state index is 0. The van der Waals surface area contributed by atoms with E-state index in [9.17, 15) is 0 Å². The van der Waals surface area contributed by atoms with Gasteiger partial charge in [-0.3, -0.25) is 0 Å². The Balaban J connectivity index is -0.0000000875. The summed E-state index contributed by atoms with van der Waals surface area (Å²) in [4.78, 5) is 0. The normalized spacial score (nSPS) is 9.20. The van der Waals surface area contributed by atoms with Gasteiger partial charge in [0.05, 0.1) is 0 Å². The van der Waals surface area contributed by atoms with Crippen LogP contribution in [0.3, 0.4) is 0 Å². The van der Waals surface area contributed by atoms with Crippen molar-refractivity contribution in [1.82, 2.24) is 0 Å². The molecular weight excluding hydrogens is 171 g/mol. The first-order valence-corrected chi connectivity index (χ1v) is 2.07. The van der Waals surface area contributed by atoms with Gasteiger partial charge in [0.1, 0.15) is 0 Å². The van der Waals surface area contributed by atoms with E-state index >= 15 is 0 Å². The van der Waals surface area contributed by atoms with E-state index in [0.717, 1.165) is 0 Å². The van der Waals surface area contributed by atoms with Crippen LogP contribution in [0.15, 0.2) is 24.3 Å². The molecule has 2 radical (unpaired) electrons. The molecule has 3 heteroatoms. The Morgan fingerprint density at radius 3 is 1.10 bits per heavy atom. The molecule has 0 amide bonds. The molecule has 0 saturated carbocycles. The molecule has 10 heavy (non-hydrogen) atoms. The molecule has 0 atom stereocenters. The van der Waals surface area contributed by atoms with Crippen molar-refractivity contribution in [2.75, 3.05) is 0 Å². The fourth-order valence-electron chi connectivity index (χ4n) is 0.321. The quantitative estimate of drug-likeness (QED) is 0.302. The van der Waals surface area contributed by atoms with Crippen molar-refractivity contribution in [3.63, 3.8) is 0 Å². The van der Waals surface area contributed by atoms with Crippen molar-refractivity contribution in [1.29, 1.82) is 0 Å². The Bertz CT molecular complexity index is 117. The fraction of sp³-hybridized carbons (Fsp3) is 0. The monoisotopic (exact) mass is 176 g/mol. The zero-order valence-electron chi connectivity index (χ0n) is 5.08. The fourth-order valence-corrected chi connectivity index (χ4v) is 0.321. The second kappa shape index (κ2) is 23.6. The van der Waals surface area contributed by atoms with E-state index < -0.39 is 0 Å². The molecule has 2 nitrogen and oxygen atoms in total. The second-order valence-corrected chi connectivity index (χ2v) is 0.962. The summed E-state index contributed by atoms with van der Waals surface area (Å²) in [6, 6.07) is 0.